The molecule has 0 aliphatic carbocycles. The fraction of sp³-hybridized carbons (Fsp3) is 0.545. The number of hydrogen-bond donors (Lipinski definition) is 2. The van der Waals surface area contributed by atoms with Crippen molar-refractivity contribution in [2.75, 3.05) is 24.8 Å². The number of ether oxygens (including phenoxy) is 1. The van der Waals surface area contributed by atoms with Gasteiger partial charge in [-0.2, -0.15) is 0 Å². The maximum atomic E-state index is 11.3. The maximum absolute atomic E-state index is 11.3. The van der Waals surface area contributed by atoms with Crippen LogP contribution in [0.2, 0.25) is 0 Å². The Hall–Kier alpha value is -1.85. The molecule has 6 nitrogen and oxygen atoms in total. The summed E-state index contributed by atoms with van der Waals surface area (Å²) >= 11 is 0. The van der Waals surface area contributed by atoms with Crippen molar-refractivity contribution < 1.29 is 9.53 Å². The zero-order valence-electron chi connectivity index (χ0n) is 10.8. The molecule has 1 aromatic heterocycles. The summed E-state index contributed by atoms with van der Waals surface area (Å²) in [4.78, 5) is 19.8. The van der Waals surface area contributed by atoms with Crippen LogP contribution < -0.4 is 10.6 Å². The Morgan fingerprint density at radius 3 is 2.41 bits per heavy atom. The number of nitrogens with zero attached hydrogens (tertiary/aromatic N) is 2. The van der Waals surface area contributed by atoms with E-state index in [0.29, 0.717) is 11.6 Å². The van der Waals surface area contributed by atoms with E-state index in [1.165, 1.54) is 7.11 Å². The van der Waals surface area contributed by atoms with Gasteiger partial charge in [0, 0.05) is 12.6 Å². The molecular weight excluding hydrogens is 220 g/mol. The number of rotatable bonds is 4. The SMILES string of the molecule is CNc1nc(C)nc(NC(C)C(=O)OC)c1C. The number of esters is 1. The summed E-state index contributed by atoms with van der Waals surface area (Å²) in [6.07, 6.45) is 0. The van der Waals surface area contributed by atoms with Crippen molar-refractivity contribution in [2.45, 2.75) is 26.8 Å². The van der Waals surface area contributed by atoms with Crippen molar-refractivity contribution in [3.05, 3.63) is 11.4 Å². The van der Waals surface area contributed by atoms with E-state index in [1.54, 1.807) is 20.9 Å². The Morgan fingerprint density at radius 1 is 1.29 bits per heavy atom. The Bertz CT molecular complexity index is 420. The molecule has 0 saturated heterocycles. The lowest BCUT2D eigenvalue weighted by molar-refractivity contribution is -0.141. The smallest absolute Gasteiger partial charge is 0.328 e. The Morgan fingerprint density at radius 2 is 1.88 bits per heavy atom. The third-order valence-corrected chi connectivity index (χ3v) is 2.40. The van der Waals surface area contributed by atoms with Crippen molar-refractivity contribution in [2.24, 2.45) is 0 Å². The van der Waals surface area contributed by atoms with Gasteiger partial charge in [0.15, 0.2) is 0 Å². The molecule has 6 heteroatoms. The van der Waals surface area contributed by atoms with Crippen LogP contribution in [0.5, 0.6) is 0 Å². The molecule has 0 aliphatic rings. The number of carbonyl (C=O) groups is 1. The van der Waals surface area contributed by atoms with Gasteiger partial charge in [-0.25, -0.2) is 14.8 Å². The zero-order chi connectivity index (χ0) is 13.0. The number of methoxy groups -OCH3 is 1. The van der Waals surface area contributed by atoms with Crippen LogP contribution >= 0.6 is 0 Å². The molecule has 94 valence electrons. The summed E-state index contributed by atoms with van der Waals surface area (Å²) in [6, 6.07) is -0.447. The predicted octanol–water partition coefficient (Wildman–Crippen LogP) is 1.11. The highest BCUT2D eigenvalue weighted by molar-refractivity contribution is 5.78. The minimum Gasteiger partial charge on any atom is -0.467 e. The van der Waals surface area contributed by atoms with E-state index >= 15 is 0 Å². The number of aryl methyl sites for hydroxylation is 1. The second-order valence-corrected chi connectivity index (χ2v) is 3.73. The highest BCUT2D eigenvalue weighted by Gasteiger charge is 2.16. The number of aromatic nitrogens is 2. The minimum absolute atomic E-state index is 0.327. The van der Waals surface area contributed by atoms with E-state index in [9.17, 15) is 4.79 Å². The van der Waals surface area contributed by atoms with E-state index in [1.807, 2.05) is 6.92 Å². The van der Waals surface area contributed by atoms with Crippen LogP contribution in [0.1, 0.15) is 18.3 Å². The van der Waals surface area contributed by atoms with Gasteiger partial charge in [0.1, 0.15) is 23.5 Å². The predicted molar refractivity (Wildman–Crippen MR) is 66.2 cm³/mol. The number of anilines is 2. The van der Waals surface area contributed by atoms with Crippen molar-refractivity contribution >= 4 is 17.6 Å². The van der Waals surface area contributed by atoms with Crippen LogP contribution in [0.4, 0.5) is 11.6 Å². The molecule has 17 heavy (non-hydrogen) atoms. The first-order valence-corrected chi connectivity index (χ1v) is 5.37. The Balaban J connectivity index is 2.98. The summed E-state index contributed by atoms with van der Waals surface area (Å²) < 4.78 is 4.65. The molecule has 1 unspecified atom stereocenters. The fourth-order valence-electron chi connectivity index (χ4n) is 1.45. The standard InChI is InChI=1S/C11H18N4O2/c1-6-9(12-4)14-8(3)15-10(6)13-7(2)11(16)17-5/h7H,1-5H3,(H2,12,13,14,15). The third kappa shape index (κ3) is 3.05. The second-order valence-electron chi connectivity index (χ2n) is 3.73. The van der Waals surface area contributed by atoms with Gasteiger partial charge in [-0.05, 0) is 20.8 Å². The first kappa shape index (κ1) is 13.2. The molecule has 1 atom stereocenters. The van der Waals surface area contributed by atoms with Crippen LogP contribution in [-0.2, 0) is 9.53 Å². The molecule has 0 fully saturated rings. The molecule has 0 saturated carbocycles. The molecule has 1 aromatic rings. The minimum atomic E-state index is -0.447. The quantitative estimate of drug-likeness (QED) is 0.765. The molecule has 0 amide bonds. The van der Waals surface area contributed by atoms with E-state index < -0.39 is 6.04 Å². The van der Waals surface area contributed by atoms with E-state index in [-0.39, 0.29) is 5.97 Å². The van der Waals surface area contributed by atoms with Gasteiger partial charge >= 0.3 is 5.97 Å². The molecule has 1 rings (SSSR count). The summed E-state index contributed by atoms with van der Waals surface area (Å²) in [5.41, 5.74) is 0.869. The van der Waals surface area contributed by atoms with Gasteiger partial charge in [-0.1, -0.05) is 0 Å². The van der Waals surface area contributed by atoms with Gasteiger partial charge in [0.05, 0.1) is 7.11 Å². The summed E-state index contributed by atoms with van der Waals surface area (Å²) in [5, 5.41) is 6.00. The first-order chi connectivity index (χ1) is 7.99. The Kier molecular flexibility index (Phi) is 4.25. The normalized spacial score (nSPS) is 11.8. The summed E-state index contributed by atoms with van der Waals surface area (Å²) in [5.74, 6) is 1.70. The van der Waals surface area contributed by atoms with Crippen LogP contribution in [0.15, 0.2) is 0 Å². The molecule has 1 heterocycles. The van der Waals surface area contributed by atoms with Crippen LogP contribution in [0.25, 0.3) is 0 Å². The van der Waals surface area contributed by atoms with Gasteiger partial charge in [-0.3, -0.25) is 0 Å². The van der Waals surface area contributed by atoms with Crippen molar-refractivity contribution in [1.29, 1.82) is 0 Å². The highest BCUT2D eigenvalue weighted by atomic mass is 16.5. The number of nitrogens with one attached hydrogen (secondary N) is 2. The van der Waals surface area contributed by atoms with Gasteiger partial charge in [-0.15, -0.1) is 0 Å². The summed E-state index contributed by atoms with van der Waals surface area (Å²) in [6.45, 7) is 5.41. The lowest BCUT2D eigenvalue weighted by Crippen LogP contribution is -2.28. The van der Waals surface area contributed by atoms with Crippen LogP contribution in [0.3, 0.4) is 0 Å². The lowest BCUT2D eigenvalue weighted by Gasteiger charge is -2.16. The Labute approximate surface area is 101 Å². The second kappa shape index (κ2) is 5.47. The highest BCUT2D eigenvalue weighted by Crippen LogP contribution is 2.19. The third-order valence-electron chi connectivity index (χ3n) is 2.40. The topological polar surface area (TPSA) is 76.1 Å². The molecule has 0 aliphatic heterocycles. The molecule has 0 bridgehead atoms. The first-order valence-electron chi connectivity index (χ1n) is 5.37. The molecular formula is C11H18N4O2. The number of carbonyl (C=O) groups excluding carboxylic acids is 1. The van der Waals surface area contributed by atoms with Gasteiger partial charge in [0.2, 0.25) is 0 Å². The molecule has 0 radical (unpaired) electrons. The average Bonchev–Trinajstić information content (AvgIpc) is 2.31. The summed E-state index contributed by atoms with van der Waals surface area (Å²) in [7, 11) is 3.15. The van der Waals surface area contributed by atoms with Crippen LogP contribution in [0, 0.1) is 13.8 Å². The van der Waals surface area contributed by atoms with Crippen LogP contribution in [-0.4, -0.2) is 36.1 Å². The molecule has 0 aromatic carbocycles. The molecule has 0 spiro atoms. The number of hydrogen-bond acceptors (Lipinski definition) is 6. The van der Waals surface area contributed by atoms with E-state index in [4.69, 9.17) is 0 Å². The van der Waals surface area contributed by atoms with E-state index in [2.05, 4.69) is 25.3 Å². The fourth-order valence-corrected chi connectivity index (χ4v) is 1.45. The van der Waals surface area contributed by atoms with Gasteiger partial charge in [0.25, 0.3) is 0 Å². The zero-order valence-corrected chi connectivity index (χ0v) is 10.8. The van der Waals surface area contributed by atoms with Crippen molar-refractivity contribution in [3.63, 3.8) is 0 Å². The lowest BCUT2D eigenvalue weighted by atomic mass is 10.2. The monoisotopic (exact) mass is 238 g/mol. The largest absolute Gasteiger partial charge is 0.467 e. The van der Waals surface area contributed by atoms with Gasteiger partial charge < -0.3 is 15.4 Å². The van der Waals surface area contributed by atoms with Crippen molar-refractivity contribution in [3.8, 4) is 0 Å². The van der Waals surface area contributed by atoms with E-state index in [0.717, 1.165) is 11.4 Å². The average molecular weight is 238 g/mol. The maximum Gasteiger partial charge on any atom is 0.328 e. The molecule has 2 N–H and O–H groups in total. The van der Waals surface area contributed by atoms with Crippen molar-refractivity contribution in [1.82, 2.24) is 9.97 Å².